The predicted molar refractivity (Wildman–Crippen MR) is 113 cm³/mol. The van der Waals surface area contributed by atoms with Crippen LogP contribution in [-0.2, 0) is 11.2 Å². The van der Waals surface area contributed by atoms with Gasteiger partial charge in [-0.25, -0.2) is 4.79 Å². The molecule has 0 N–H and O–H groups in total. The molecule has 0 bridgehead atoms. The Morgan fingerprint density at radius 1 is 1.21 bits per heavy atom. The summed E-state index contributed by atoms with van der Waals surface area (Å²) in [5, 5.41) is 0. The lowest BCUT2D eigenvalue weighted by Crippen LogP contribution is -2.47. The van der Waals surface area contributed by atoms with Gasteiger partial charge in [-0.3, -0.25) is 9.69 Å². The second-order valence-electron chi connectivity index (χ2n) is 8.88. The molecule has 0 aliphatic carbocycles. The molecule has 0 saturated carbocycles. The zero-order valence-corrected chi connectivity index (χ0v) is 18.2. The standard InChI is InChI=1S/C23H36N2O4/c1-17(2)7-8-20-16-18(3)21(23(27)29-20)22(26)25-10-5-4-6-19(25)9-11-24-12-14-28-15-13-24/h16-17,19H,4-15H2,1-3H3. The summed E-state index contributed by atoms with van der Waals surface area (Å²) in [6.45, 7) is 11.3. The van der Waals surface area contributed by atoms with Crippen molar-refractivity contribution < 1.29 is 13.9 Å². The molecule has 3 rings (SSSR count). The molecular formula is C23H36N2O4. The van der Waals surface area contributed by atoms with E-state index in [4.69, 9.17) is 9.15 Å². The molecule has 2 saturated heterocycles. The highest BCUT2D eigenvalue weighted by atomic mass is 16.5. The van der Waals surface area contributed by atoms with Crippen LogP contribution in [0, 0.1) is 12.8 Å². The first kappa shape index (κ1) is 22.0. The van der Waals surface area contributed by atoms with E-state index in [1.807, 2.05) is 17.9 Å². The van der Waals surface area contributed by atoms with Crippen LogP contribution in [0.2, 0.25) is 0 Å². The Kier molecular flexibility index (Phi) is 7.90. The molecule has 2 aliphatic heterocycles. The number of carbonyl (C=O) groups is 1. The number of ether oxygens (including phenoxy) is 1. The van der Waals surface area contributed by atoms with Crippen molar-refractivity contribution in [1.82, 2.24) is 9.80 Å². The van der Waals surface area contributed by atoms with E-state index in [0.29, 0.717) is 11.7 Å². The fraction of sp³-hybridized carbons (Fsp3) is 0.739. The predicted octanol–water partition coefficient (Wildman–Crippen LogP) is 3.25. The van der Waals surface area contributed by atoms with Gasteiger partial charge in [0.05, 0.1) is 13.2 Å². The molecule has 29 heavy (non-hydrogen) atoms. The molecule has 1 aromatic rings. The van der Waals surface area contributed by atoms with Crippen molar-refractivity contribution in [2.24, 2.45) is 5.92 Å². The van der Waals surface area contributed by atoms with Gasteiger partial charge >= 0.3 is 5.63 Å². The van der Waals surface area contributed by atoms with E-state index in [0.717, 1.165) is 83.5 Å². The monoisotopic (exact) mass is 404 g/mol. The summed E-state index contributed by atoms with van der Waals surface area (Å²) < 4.78 is 10.9. The number of hydrogen-bond acceptors (Lipinski definition) is 5. The third-order valence-corrected chi connectivity index (χ3v) is 6.15. The molecule has 2 aliphatic rings. The quantitative estimate of drug-likeness (QED) is 0.698. The number of hydrogen-bond donors (Lipinski definition) is 0. The van der Waals surface area contributed by atoms with Crippen LogP contribution in [0.5, 0.6) is 0 Å². The Morgan fingerprint density at radius 2 is 1.97 bits per heavy atom. The van der Waals surface area contributed by atoms with Crippen LogP contribution in [0.1, 0.15) is 67.6 Å². The molecule has 1 amide bonds. The Labute approximate surface area is 174 Å². The Hall–Kier alpha value is -1.66. The lowest BCUT2D eigenvalue weighted by molar-refractivity contribution is 0.0295. The summed E-state index contributed by atoms with van der Waals surface area (Å²) in [4.78, 5) is 30.3. The van der Waals surface area contributed by atoms with Crippen molar-refractivity contribution in [2.75, 3.05) is 39.4 Å². The number of likely N-dealkylation sites (tertiary alicyclic amines) is 1. The molecule has 0 spiro atoms. The minimum atomic E-state index is -0.480. The molecule has 1 atom stereocenters. The Bertz CT molecular complexity index is 737. The van der Waals surface area contributed by atoms with Crippen molar-refractivity contribution >= 4 is 5.91 Å². The lowest BCUT2D eigenvalue weighted by Gasteiger charge is -2.37. The van der Waals surface area contributed by atoms with Crippen molar-refractivity contribution in [3.63, 3.8) is 0 Å². The third-order valence-electron chi connectivity index (χ3n) is 6.15. The largest absolute Gasteiger partial charge is 0.427 e. The van der Waals surface area contributed by atoms with Crippen LogP contribution in [0.4, 0.5) is 0 Å². The summed E-state index contributed by atoms with van der Waals surface area (Å²) in [5.41, 5.74) is 0.477. The van der Waals surface area contributed by atoms with Crippen molar-refractivity contribution in [3.8, 4) is 0 Å². The van der Waals surface area contributed by atoms with E-state index >= 15 is 0 Å². The first-order valence-electron chi connectivity index (χ1n) is 11.2. The van der Waals surface area contributed by atoms with Crippen LogP contribution in [0.15, 0.2) is 15.3 Å². The van der Waals surface area contributed by atoms with E-state index in [1.165, 1.54) is 0 Å². The zero-order chi connectivity index (χ0) is 20.8. The van der Waals surface area contributed by atoms with Gasteiger partial charge in [0.2, 0.25) is 0 Å². The molecule has 1 unspecified atom stereocenters. The summed E-state index contributed by atoms with van der Waals surface area (Å²) in [7, 11) is 0. The van der Waals surface area contributed by atoms with E-state index < -0.39 is 5.63 Å². The Balaban J connectivity index is 1.70. The van der Waals surface area contributed by atoms with Gasteiger partial charge in [0.1, 0.15) is 11.3 Å². The molecule has 0 radical (unpaired) electrons. The van der Waals surface area contributed by atoms with Crippen molar-refractivity contribution in [3.05, 3.63) is 33.4 Å². The summed E-state index contributed by atoms with van der Waals surface area (Å²) in [5.74, 6) is 1.07. The van der Waals surface area contributed by atoms with Crippen LogP contribution >= 0.6 is 0 Å². The van der Waals surface area contributed by atoms with E-state index in [1.54, 1.807) is 0 Å². The third kappa shape index (κ3) is 5.92. The maximum absolute atomic E-state index is 13.3. The average Bonchev–Trinajstić information content (AvgIpc) is 2.71. The van der Waals surface area contributed by atoms with Gasteiger partial charge in [-0.05, 0) is 56.6 Å². The number of rotatable bonds is 7. The van der Waals surface area contributed by atoms with Gasteiger partial charge in [0, 0.05) is 38.6 Å². The highest BCUT2D eigenvalue weighted by Gasteiger charge is 2.31. The first-order chi connectivity index (χ1) is 14.0. The topological polar surface area (TPSA) is 63.0 Å². The number of morpholine rings is 1. The summed E-state index contributed by atoms with van der Waals surface area (Å²) >= 11 is 0. The molecular weight excluding hydrogens is 368 g/mol. The molecule has 3 heterocycles. The van der Waals surface area contributed by atoms with Crippen LogP contribution in [0.3, 0.4) is 0 Å². The van der Waals surface area contributed by atoms with Crippen LogP contribution in [-0.4, -0.2) is 61.1 Å². The normalized spacial score (nSPS) is 21.0. The second-order valence-corrected chi connectivity index (χ2v) is 8.88. The average molecular weight is 405 g/mol. The van der Waals surface area contributed by atoms with Gasteiger partial charge < -0.3 is 14.1 Å². The second kappa shape index (κ2) is 10.4. The minimum absolute atomic E-state index is 0.154. The number of piperidine rings is 1. The highest BCUT2D eigenvalue weighted by Crippen LogP contribution is 2.23. The van der Waals surface area contributed by atoms with E-state index in [-0.39, 0.29) is 17.5 Å². The number of amides is 1. The van der Waals surface area contributed by atoms with Gasteiger partial charge in [-0.15, -0.1) is 0 Å². The van der Waals surface area contributed by atoms with Gasteiger partial charge in [-0.2, -0.15) is 0 Å². The summed E-state index contributed by atoms with van der Waals surface area (Å²) in [6, 6.07) is 2.07. The fourth-order valence-electron chi connectivity index (χ4n) is 4.35. The van der Waals surface area contributed by atoms with E-state index in [9.17, 15) is 9.59 Å². The molecule has 6 heteroatoms. The van der Waals surface area contributed by atoms with Crippen molar-refractivity contribution in [2.45, 2.75) is 65.3 Å². The van der Waals surface area contributed by atoms with E-state index in [2.05, 4.69) is 18.7 Å². The number of aryl methyl sites for hydroxylation is 2. The molecule has 2 fully saturated rings. The number of nitrogens with zero attached hydrogens (tertiary/aromatic N) is 2. The molecule has 1 aromatic heterocycles. The lowest BCUT2D eigenvalue weighted by atomic mass is 9.97. The maximum atomic E-state index is 13.3. The first-order valence-corrected chi connectivity index (χ1v) is 11.2. The van der Waals surface area contributed by atoms with Crippen LogP contribution < -0.4 is 5.63 Å². The summed E-state index contributed by atoms with van der Waals surface area (Å²) in [6.07, 6.45) is 5.78. The smallest absolute Gasteiger partial charge is 0.349 e. The zero-order valence-electron chi connectivity index (χ0n) is 18.2. The minimum Gasteiger partial charge on any atom is -0.427 e. The highest BCUT2D eigenvalue weighted by molar-refractivity contribution is 5.95. The Morgan fingerprint density at radius 3 is 2.66 bits per heavy atom. The van der Waals surface area contributed by atoms with Gasteiger partial charge in [0.25, 0.3) is 5.91 Å². The molecule has 0 aromatic carbocycles. The SMILES string of the molecule is Cc1cc(CCC(C)C)oc(=O)c1C(=O)N1CCCCC1CCN1CCOCC1. The fourth-order valence-corrected chi connectivity index (χ4v) is 4.35. The maximum Gasteiger partial charge on any atom is 0.349 e. The molecule has 6 nitrogen and oxygen atoms in total. The number of carbonyl (C=O) groups excluding carboxylic acids is 1. The van der Waals surface area contributed by atoms with Gasteiger partial charge in [-0.1, -0.05) is 13.8 Å². The van der Waals surface area contributed by atoms with Crippen LogP contribution in [0.25, 0.3) is 0 Å². The molecule has 162 valence electrons. The van der Waals surface area contributed by atoms with Crippen molar-refractivity contribution in [1.29, 1.82) is 0 Å². The van der Waals surface area contributed by atoms with Gasteiger partial charge in [0.15, 0.2) is 0 Å².